The monoisotopic (exact) mass is 358 g/mol. The highest BCUT2D eigenvalue weighted by atomic mass is 16.5. The van der Waals surface area contributed by atoms with Gasteiger partial charge in [0.1, 0.15) is 6.54 Å². The van der Waals surface area contributed by atoms with Gasteiger partial charge in [0.15, 0.2) is 6.61 Å². The van der Waals surface area contributed by atoms with Crippen molar-refractivity contribution >= 4 is 23.5 Å². The summed E-state index contributed by atoms with van der Waals surface area (Å²) in [4.78, 5) is 35.8. The van der Waals surface area contributed by atoms with E-state index in [0.29, 0.717) is 16.9 Å². The second kappa shape index (κ2) is 8.84. The highest BCUT2D eigenvalue weighted by molar-refractivity contribution is 5.93. The summed E-state index contributed by atoms with van der Waals surface area (Å²) < 4.78 is 11.7. The molecular weight excluding hydrogens is 336 g/mol. The number of hydrogen-bond acceptors (Lipinski definition) is 5. The summed E-state index contributed by atoms with van der Waals surface area (Å²) in [6.45, 7) is 5.06. The molecule has 0 aliphatic carbocycles. The zero-order valence-corrected chi connectivity index (χ0v) is 15.1. The van der Waals surface area contributed by atoms with Crippen LogP contribution in [0.4, 0.5) is 5.69 Å². The number of esters is 2. The van der Waals surface area contributed by atoms with E-state index >= 15 is 0 Å². The van der Waals surface area contributed by atoms with Gasteiger partial charge >= 0.3 is 11.9 Å². The highest BCUT2D eigenvalue weighted by Crippen LogP contribution is 2.16. The molecule has 0 atom stereocenters. The molecule has 2 rings (SSSR count). The number of amides is 1. The predicted molar refractivity (Wildman–Crippen MR) is 95.9 cm³/mol. The highest BCUT2D eigenvalue weighted by Gasteiger charge is 2.19. The van der Waals surface area contributed by atoms with Gasteiger partial charge in [-0.15, -0.1) is 0 Å². The van der Waals surface area contributed by atoms with Crippen LogP contribution in [0.2, 0.25) is 0 Å². The number of aryl methyl sites for hydroxylation is 1. The second-order valence-electron chi connectivity index (χ2n) is 5.67. The Morgan fingerprint density at radius 1 is 1.08 bits per heavy atom. The zero-order chi connectivity index (χ0) is 19.1. The summed E-state index contributed by atoms with van der Waals surface area (Å²) >= 11 is 0. The maximum absolute atomic E-state index is 12.0. The van der Waals surface area contributed by atoms with Crippen LogP contribution < -0.4 is 5.32 Å². The van der Waals surface area contributed by atoms with Crippen LogP contribution in [0.15, 0.2) is 36.4 Å². The number of benzene rings is 1. The predicted octanol–water partition coefficient (Wildman–Crippen LogP) is 2.46. The van der Waals surface area contributed by atoms with Crippen LogP contribution in [0.5, 0.6) is 0 Å². The Morgan fingerprint density at radius 3 is 2.42 bits per heavy atom. The van der Waals surface area contributed by atoms with Crippen molar-refractivity contribution in [2.45, 2.75) is 27.3 Å². The zero-order valence-electron chi connectivity index (χ0n) is 15.1. The lowest BCUT2D eigenvalue weighted by atomic mass is 10.2. The van der Waals surface area contributed by atoms with Gasteiger partial charge in [0, 0.05) is 17.1 Å². The Morgan fingerprint density at radius 2 is 1.77 bits per heavy atom. The molecule has 7 nitrogen and oxygen atoms in total. The van der Waals surface area contributed by atoms with Crippen LogP contribution >= 0.6 is 0 Å². The Hall–Kier alpha value is -3.09. The maximum atomic E-state index is 12.0. The minimum absolute atomic E-state index is 0.0876. The Kier molecular flexibility index (Phi) is 6.54. The van der Waals surface area contributed by atoms with E-state index in [2.05, 4.69) is 5.32 Å². The van der Waals surface area contributed by atoms with Crippen molar-refractivity contribution in [2.75, 3.05) is 18.5 Å². The van der Waals surface area contributed by atoms with Gasteiger partial charge < -0.3 is 19.4 Å². The molecule has 1 amide bonds. The van der Waals surface area contributed by atoms with Gasteiger partial charge in [0.2, 0.25) is 0 Å². The number of rotatable bonds is 7. The molecule has 0 saturated heterocycles. The van der Waals surface area contributed by atoms with Crippen LogP contribution in [0.25, 0.3) is 0 Å². The van der Waals surface area contributed by atoms with Gasteiger partial charge in [0.05, 0.1) is 12.2 Å². The van der Waals surface area contributed by atoms with Crippen molar-refractivity contribution in [1.29, 1.82) is 0 Å². The van der Waals surface area contributed by atoms with Crippen LogP contribution in [-0.2, 0) is 25.6 Å². The molecular formula is C19H22N2O5. The molecule has 26 heavy (non-hydrogen) atoms. The number of ether oxygens (including phenoxy) is 2. The van der Waals surface area contributed by atoms with Crippen molar-refractivity contribution in [3.63, 3.8) is 0 Å². The number of aromatic nitrogens is 1. The fourth-order valence-electron chi connectivity index (χ4n) is 2.50. The molecule has 2 aromatic rings. The second-order valence-corrected chi connectivity index (χ2v) is 5.67. The van der Waals surface area contributed by atoms with E-state index in [9.17, 15) is 14.4 Å². The molecule has 1 heterocycles. The molecule has 0 unspecified atom stereocenters. The van der Waals surface area contributed by atoms with E-state index in [-0.39, 0.29) is 19.8 Å². The summed E-state index contributed by atoms with van der Waals surface area (Å²) in [5, 5.41) is 2.63. The normalized spacial score (nSPS) is 10.3. The first-order valence-electron chi connectivity index (χ1n) is 8.26. The number of nitrogens with zero attached hydrogens (tertiary/aromatic N) is 1. The average molecular weight is 358 g/mol. The molecule has 0 saturated carbocycles. The first kappa shape index (κ1) is 19.2. The van der Waals surface area contributed by atoms with Crippen LogP contribution in [0, 0.1) is 13.8 Å². The van der Waals surface area contributed by atoms with Crippen molar-refractivity contribution in [2.24, 2.45) is 0 Å². The van der Waals surface area contributed by atoms with Crippen molar-refractivity contribution in [3.05, 3.63) is 53.3 Å². The van der Waals surface area contributed by atoms with E-state index in [1.807, 2.05) is 6.07 Å². The fourth-order valence-corrected chi connectivity index (χ4v) is 2.50. The third-order valence-electron chi connectivity index (χ3n) is 3.78. The first-order chi connectivity index (χ1) is 12.4. The summed E-state index contributed by atoms with van der Waals surface area (Å²) in [5.74, 6) is -1.41. The first-order valence-corrected chi connectivity index (χ1v) is 8.26. The van der Waals surface area contributed by atoms with Crippen LogP contribution in [0.1, 0.15) is 28.7 Å². The third kappa shape index (κ3) is 4.95. The number of hydrogen-bond donors (Lipinski definition) is 1. The minimum atomic E-state index is -0.564. The lowest BCUT2D eigenvalue weighted by Crippen LogP contribution is -2.23. The van der Waals surface area contributed by atoms with Crippen molar-refractivity contribution < 1.29 is 23.9 Å². The van der Waals surface area contributed by atoms with E-state index in [0.717, 1.165) is 5.69 Å². The molecule has 1 N–H and O–H groups in total. The Balaban J connectivity index is 1.91. The smallest absolute Gasteiger partial charge is 0.339 e. The largest absolute Gasteiger partial charge is 0.462 e. The summed E-state index contributed by atoms with van der Waals surface area (Å²) in [6, 6.07) is 10.6. The molecule has 0 bridgehead atoms. The van der Waals surface area contributed by atoms with Gasteiger partial charge in [-0.1, -0.05) is 18.2 Å². The van der Waals surface area contributed by atoms with E-state index in [1.54, 1.807) is 55.7 Å². The van der Waals surface area contributed by atoms with E-state index in [4.69, 9.17) is 9.47 Å². The van der Waals surface area contributed by atoms with Gasteiger partial charge in [-0.05, 0) is 39.0 Å². The molecule has 7 heteroatoms. The van der Waals surface area contributed by atoms with Crippen LogP contribution in [-0.4, -0.2) is 35.6 Å². The molecule has 0 radical (unpaired) electrons. The number of nitrogens with one attached hydrogen (secondary N) is 1. The lowest BCUT2D eigenvalue weighted by molar-refractivity contribution is -0.147. The SMILES string of the molecule is CCOC(=O)c1cc(C)n(CC(=O)OCC(=O)Nc2ccccc2)c1C. The molecule has 0 aliphatic heterocycles. The van der Waals surface area contributed by atoms with Gasteiger partial charge in [-0.2, -0.15) is 0 Å². The van der Waals surface area contributed by atoms with Gasteiger partial charge in [-0.25, -0.2) is 4.79 Å². The van der Waals surface area contributed by atoms with Gasteiger partial charge in [-0.3, -0.25) is 9.59 Å². The summed E-state index contributed by atoms with van der Waals surface area (Å²) in [6.07, 6.45) is 0. The third-order valence-corrected chi connectivity index (χ3v) is 3.78. The minimum Gasteiger partial charge on any atom is -0.462 e. The van der Waals surface area contributed by atoms with Crippen molar-refractivity contribution in [3.8, 4) is 0 Å². The average Bonchev–Trinajstić information content (AvgIpc) is 2.89. The summed E-state index contributed by atoms with van der Waals surface area (Å²) in [7, 11) is 0. The van der Waals surface area contributed by atoms with Gasteiger partial charge in [0.25, 0.3) is 5.91 Å². The topological polar surface area (TPSA) is 86.6 Å². The maximum Gasteiger partial charge on any atom is 0.339 e. The molecule has 0 aliphatic rings. The van der Waals surface area contributed by atoms with Crippen LogP contribution in [0.3, 0.4) is 0 Å². The molecule has 1 aromatic heterocycles. The molecule has 0 fully saturated rings. The fraction of sp³-hybridized carbons (Fsp3) is 0.316. The van der Waals surface area contributed by atoms with Crippen molar-refractivity contribution in [1.82, 2.24) is 4.57 Å². The summed E-state index contributed by atoms with van der Waals surface area (Å²) in [5.41, 5.74) is 2.39. The quantitative estimate of drug-likeness (QED) is 0.769. The number of anilines is 1. The number of carbonyl (C=O) groups excluding carboxylic acids is 3. The Bertz CT molecular complexity index is 796. The van der Waals surface area contributed by atoms with E-state index in [1.165, 1.54) is 0 Å². The Labute approximate surface area is 151 Å². The standard InChI is InChI=1S/C19H22N2O5/c1-4-25-19(24)16-10-13(2)21(14(16)3)11-18(23)26-12-17(22)20-15-8-6-5-7-9-15/h5-10H,4,11-12H2,1-3H3,(H,20,22). The molecule has 0 spiro atoms. The van der Waals surface area contributed by atoms with E-state index < -0.39 is 17.8 Å². The molecule has 138 valence electrons. The number of para-hydroxylation sites is 1. The number of carbonyl (C=O) groups is 3. The lowest BCUT2D eigenvalue weighted by Gasteiger charge is -2.10. The molecule has 1 aromatic carbocycles.